The van der Waals surface area contributed by atoms with Gasteiger partial charge in [0.05, 0.1) is 15.5 Å². The van der Waals surface area contributed by atoms with Crippen molar-refractivity contribution in [3.63, 3.8) is 0 Å². The van der Waals surface area contributed by atoms with Crippen molar-refractivity contribution < 1.29 is 9.72 Å². The number of hydrogen-bond donors (Lipinski definition) is 1. The highest BCUT2D eigenvalue weighted by molar-refractivity contribution is 6.34. The van der Waals surface area contributed by atoms with E-state index in [1.54, 1.807) is 6.20 Å². The molecule has 1 amide bonds. The summed E-state index contributed by atoms with van der Waals surface area (Å²) in [6.45, 7) is 0.406. The molecule has 1 N–H and O–H groups in total. The monoisotopic (exact) mass is 305 g/mol. The van der Waals surface area contributed by atoms with Crippen LogP contribution in [0.2, 0.25) is 5.02 Å². The number of carbonyl (C=O) groups is 1. The maximum absolute atomic E-state index is 12.0. The van der Waals surface area contributed by atoms with Crippen LogP contribution in [0.25, 0.3) is 0 Å². The van der Waals surface area contributed by atoms with Crippen molar-refractivity contribution in [3.05, 3.63) is 69.0 Å². The molecule has 1 aromatic carbocycles. The normalized spacial score (nSPS) is 10.1. The lowest BCUT2D eigenvalue weighted by Crippen LogP contribution is -2.26. The smallest absolute Gasteiger partial charge is 0.270 e. The summed E-state index contributed by atoms with van der Waals surface area (Å²) in [6.07, 6.45) is 2.28. The van der Waals surface area contributed by atoms with Gasteiger partial charge in [-0.2, -0.15) is 0 Å². The Morgan fingerprint density at radius 1 is 1.33 bits per heavy atom. The van der Waals surface area contributed by atoms with Gasteiger partial charge >= 0.3 is 0 Å². The van der Waals surface area contributed by atoms with E-state index in [2.05, 4.69) is 10.3 Å². The van der Waals surface area contributed by atoms with Crippen molar-refractivity contribution >= 4 is 23.2 Å². The summed E-state index contributed by atoms with van der Waals surface area (Å²) in [6, 6.07) is 9.31. The summed E-state index contributed by atoms with van der Waals surface area (Å²) in [5, 5.41) is 13.4. The Hall–Kier alpha value is -2.47. The van der Waals surface area contributed by atoms with Gasteiger partial charge in [-0.3, -0.25) is 19.9 Å². The van der Waals surface area contributed by atoms with Crippen LogP contribution >= 0.6 is 11.6 Å². The summed E-state index contributed by atoms with van der Waals surface area (Å²) in [5.74, 6) is -0.370. The molecule has 0 unspecified atom stereocenters. The largest absolute Gasteiger partial charge is 0.352 e. The minimum atomic E-state index is -0.561. The SMILES string of the molecule is O=C(NCCc1ccccn1)c1ccc([N+](=O)[O-])cc1Cl. The van der Waals surface area contributed by atoms with Gasteiger partial charge in [0.15, 0.2) is 0 Å². The number of nitrogens with one attached hydrogen (secondary N) is 1. The standard InChI is InChI=1S/C14H12ClN3O3/c15-13-9-11(18(20)21)4-5-12(13)14(19)17-8-6-10-3-1-2-7-16-10/h1-5,7,9H,6,8H2,(H,17,19). The van der Waals surface area contributed by atoms with Crippen LogP contribution < -0.4 is 5.32 Å². The van der Waals surface area contributed by atoms with E-state index >= 15 is 0 Å². The Bertz CT molecular complexity index is 662. The van der Waals surface area contributed by atoms with Crippen LogP contribution in [0.3, 0.4) is 0 Å². The third-order valence-electron chi connectivity index (χ3n) is 2.80. The Balaban J connectivity index is 1.96. The Kier molecular flexibility index (Phi) is 4.84. The highest BCUT2D eigenvalue weighted by atomic mass is 35.5. The molecule has 0 fully saturated rings. The number of nitrogens with zero attached hydrogens (tertiary/aromatic N) is 2. The fourth-order valence-electron chi connectivity index (χ4n) is 1.75. The summed E-state index contributed by atoms with van der Waals surface area (Å²) in [5.41, 5.74) is 0.931. The minimum absolute atomic E-state index is 0.0551. The molecule has 0 spiro atoms. The molecular weight excluding hydrogens is 294 g/mol. The summed E-state index contributed by atoms with van der Waals surface area (Å²) >= 11 is 5.89. The van der Waals surface area contributed by atoms with Gasteiger partial charge in [-0.1, -0.05) is 17.7 Å². The van der Waals surface area contributed by atoms with Gasteiger partial charge < -0.3 is 5.32 Å². The molecule has 0 radical (unpaired) electrons. The van der Waals surface area contributed by atoms with E-state index in [1.807, 2.05) is 18.2 Å². The molecule has 0 saturated carbocycles. The molecule has 2 rings (SSSR count). The fourth-order valence-corrected chi connectivity index (χ4v) is 2.01. The number of benzene rings is 1. The maximum atomic E-state index is 12.0. The number of halogens is 1. The Morgan fingerprint density at radius 2 is 2.14 bits per heavy atom. The van der Waals surface area contributed by atoms with Crippen molar-refractivity contribution in [2.24, 2.45) is 0 Å². The predicted octanol–water partition coefficient (Wildman–Crippen LogP) is 2.62. The zero-order valence-corrected chi connectivity index (χ0v) is 11.7. The number of amides is 1. The van der Waals surface area contributed by atoms with E-state index in [0.717, 1.165) is 11.8 Å². The van der Waals surface area contributed by atoms with Gasteiger partial charge in [-0.15, -0.1) is 0 Å². The molecule has 7 heteroatoms. The molecule has 2 aromatic rings. The molecule has 1 heterocycles. The van der Waals surface area contributed by atoms with E-state index in [4.69, 9.17) is 11.6 Å². The first kappa shape index (κ1) is 14.9. The van der Waals surface area contributed by atoms with Gasteiger partial charge in [0.25, 0.3) is 11.6 Å². The van der Waals surface area contributed by atoms with Crippen LogP contribution in [-0.4, -0.2) is 22.4 Å². The van der Waals surface area contributed by atoms with Crippen LogP contribution in [0.4, 0.5) is 5.69 Å². The minimum Gasteiger partial charge on any atom is -0.352 e. The zero-order chi connectivity index (χ0) is 15.2. The maximum Gasteiger partial charge on any atom is 0.270 e. The second kappa shape index (κ2) is 6.81. The molecule has 0 atom stereocenters. The second-order valence-electron chi connectivity index (χ2n) is 4.25. The summed E-state index contributed by atoms with van der Waals surface area (Å²) < 4.78 is 0. The lowest BCUT2D eigenvalue weighted by molar-refractivity contribution is -0.384. The molecule has 0 saturated heterocycles. The van der Waals surface area contributed by atoms with Gasteiger partial charge in [-0.05, 0) is 18.2 Å². The van der Waals surface area contributed by atoms with Crippen molar-refractivity contribution in [1.82, 2.24) is 10.3 Å². The Labute approximate surface area is 125 Å². The first-order chi connectivity index (χ1) is 10.1. The number of rotatable bonds is 5. The number of hydrogen-bond acceptors (Lipinski definition) is 4. The molecule has 0 bridgehead atoms. The molecular formula is C14H12ClN3O3. The van der Waals surface area contributed by atoms with Crippen molar-refractivity contribution in [1.29, 1.82) is 0 Å². The predicted molar refractivity (Wildman–Crippen MR) is 78.4 cm³/mol. The van der Waals surface area contributed by atoms with Crippen LogP contribution in [0, 0.1) is 10.1 Å². The van der Waals surface area contributed by atoms with Crippen molar-refractivity contribution in [2.45, 2.75) is 6.42 Å². The number of nitro groups is 1. The van der Waals surface area contributed by atoms with Gasteiger partial charge in [0.2, 0.25) is 0 Å². The van der Waals surface area contributed by atoms with Crippen molar-refractivity contribution in [3.8, 4) is 0 Å². The summed E-state index contributed by atoms with van der Waals surface area (Å²) in [4.78, 5) is 26.1. The molecule has 0 aliphatic carbocycles. The van der Waals surface area contributed by atoms with Gasteiger partial charge in [-0.25, -0.2) is 0 Å². The third-order valence-corrected chi connectivity index (χ3v) is 3.11. The number of non-ortho nitro benzene ring substituents is 1. The topological polar surface area (TPSA) is 85.1 Å². The van der Waals surface area contributed by atoms with Crippen molar-refractivity contribution in [2.75, 3.05) is 6.54 Å². The van der Waals surface area contributed by atoms with E-state index in [9.17, 15) is 14.9 Å². The average Bonchev–Trinajstić information content (AvgIpc) is 2.48. The summed E-state index contributed by atoms with van der Waals surface area (Å²) in [7, 11) is 0. The van der Waals surface area contributed by atoms with Crippen LogP contribution in [-0.2, 0) is 6.42 Å². The highest BCUT2D eigenvalue weighted by Gasteiger charge is 2.14. The lowest BCUT2D eigenvalue weighted by Gasteiger charge is -2.06. The van der Waals surface area contributed by atoms with Gasteiger partial charge in [0, 0.05) is 37.0 Å². The first-order valence-electron chi connectivity index (χ1n) is 6.20. The number of nitro benzene ring substituents is 1. The second-order valence-corrected chi connectivity index (χ2v) is 4.66. The molecule has 21 heavy (non-hydrogen) atoms. The van der Waals surface area contributed by atoms with E-state index in [0.29, 0.717) is 13.0 Å². The van der Waals surface area contributed by atoms with E-state index in [1.165, 1.54) is 12.1 Å². The van der Waals surface area contributed by atoms with E-state index in [-0.39, 0.29) is 22.2 Å². The molecule has 6 nitrogen and oxygen atoms in total. The molecule has 0 aliphatic heterocycles. The molecule has 1 aromatic heterocycles. The quantitative estimate of drug-likeness (QED) is 0.679. The molecule has 0 aliphatic rings. The first-order valence-corrected chi connectivity index (χ1v) is 6.58. The fraction of sp³-hybridized carbons (Fsp3) is 0.143. The lowest BCUT2D eigenvalue weighted by atomic mass is 10.2. The average molecular weight is 306 g/mol. The van der Waals surface area contributed by atoms with Crippen LogP contribution in [0.15, 0.2) is 42.6 Å². The van der Waals surface area contributed by atoms with Crippen LogP contribution in [0.5, 0.6) is 0 Å². The number of carbonyl (C=O) groups excluding carboxylic acids is 1. The highest BCUT2D eigenvalue weighted by Crippen LogP contribution is 2.22. The Morgan fingerprint density at radius 3 is 2.76 bits per heavy atom. The number of pyridine rings is 1. The zero-order valence-electron chi connectivity index (χ0n) is 11.0. The van der Waals surface area contributed by atoms with Gasteiger partial charge in [0.1, 0.15) is 0 Å². The molecule has 108 valence electrons. The number of aromatic nitrogens is 1. The third kappa shape index (κ3) is 4.00. The van der Waals surface area contributed by atoms with Crippen LogP contribution in [0.1, 0.15) is 16.1 Å². The van der Waals surface area contributed by atoms with E-state index < -0.39 is 4.92 Å².